The summed E-state index contributed by atoms with van der Waals surface area (Å²) in [5.74, 6) is -0.656. The van der Waals surface area contributed by atoms with Gasteiger partial charge in [-0.2, -0.15) is 13.2 Å². The zero-order chi connectivity index (χ0) is 19.5. The van der Waals surface area contributed by atoms with Crippen LogP contribution in [-0.4, -0.2) is 49.6 Å². The second-order valence-corrected chi connectivity index (χ2v) is 8.30. The molecule has 0 aromatic heterocycles. The van der Waals surface area contributed by atoms with Gasteiger partial charge >= 0.3 is 6.18 Å². The highest BCUT2D eigenvalue weighted by atomic mass is 32.2. The first kappa shape index (κ1) is 20.7. The van der Waals surface area contributed by atoms with Crippen LogP contribution in [0.25, 0.3) is 0 Å². The van der Waals surface area contributed by atoms with Crippen molar-refractivity contribution < 1.29 is 31.5 Å². The number of aliphatic hydroxyl groups excluding tert-OH is 1. The third-order valence-corrected chi connectivity index (χ3v) is 5.69. The molecule has 10 heteroatoms. The molecule has 146 valence electrons. The quantitative estimate of drug-likeness (QED) is 0.793. The summed E-state index contributed by atoms with van der Waals surface area (Å²) in [6.45, 7) is 0.396. The Morgan fingerprint density at radius 1 is 1.27 bits per heavy atom. The molecule has 0 spiro atoms. The number of alkyl halides is 3. The number of carbonyl (C=O) groups excluding carboxylic acids is 1. The van der Waals surface area contributed by atoms with E-state index in [-0.39, 0.29) is 37.0 Å². The number of carbonyl (C=O) groups is 1. The molecule has 6 nitrogen and oxygen atoms in total. The van der Waals surface area contributed by atoms with Crippen LogP contribution in [0, 0.1) is 5.92 Å². The maximum atomic E-state index is 12.5. The van der Waals surface area contributed by atoms with Crippen molar-refractivity contribution in [2.24, 2.45) is 5.92 Å². The lowest BCUT2D eigenvalue weighted by Crippen LogP contribution is -2.43. The predicted molar refractivity (Wildman–Crippen MR) is 88.6 cm³/mol. The number of halogens is 3. The molecule has 1 heterocycles. The molecule has 1 saturated heterocycles. The van der Waals surface area contributed by atoms with E-state index in [1.54, 1.807) is 0 Å². The lowest BCUT2D eigenvalue weighted by Gasteiger charge is -2.29. The van der Waals surface area contributed by atoms with Gasteiger partial charge in [-0.15, -0.1) is 0 Å². The SMILES string of the molecule is CS(=O)(=O)N1CCC(C(=O)NC[C@H](O)c2ccc(C(F)(F)F)cc2)CC1. The number of sulfonamides is 1. The van der Waals surface area contributed by atoms with Crippen molar-refractivity contribution in [3.05, 3.63) is 35.4 Å². The molecule has 1 atom stereocenters. The van der Waals surface area contributed by atoms with Gasteiger partial charge < -0.3 is 10.4 Å². The summed E-state index contributed by atoms with van der Waals surface area (Å²) in [5.41, 5.74) is -0.541. The van der Waals surface area contributed by atoms with Crippen molar-refractivity contribution in [1.29, 1.82) is 0 Å². The second kappa shape index (κ2) is 7.93. The van der Waals surface area contributed by atoms with E-state index < -0.39 is 27.9 Å². The van der Waals surface area contributed by atoms with Crippen molar-refractivity contribution in [1.82, 2.24) is 9.62 Å². The van der Waals surface area contributed by atoms with Crippen LogP contribution >= 0.6 is 0 Å². The van der Waals surface area contributed by atoms with Gasteiger partial charge in [-0.25, -0.2) is 12.7 Å². The van der Waals surface area contributed by atoms with Gasteiger partial charge in [-0.05, 0) is 30.5 Å². The van der Waals surface area contributed by atoms with Gasteiger partial charge in [0.2, 0.25) is 15.9 Å². The van der Waals surface area contributed by atoms with Crippen LogP contribution in [-0.2, 0) is 21.0 Å². The molecule has 1 fully saturated rings. The van der Waals surface area contributed by atoms with Crippen LogP contribution < -0.4 is 5.32 Å². The minimum atomic E-state index is -4.45. The third kappa shape index (κ3) is 5.42. The summed E-state index contributed by atoms with van der Waals surface area (Å²) < 4.78 is 61.8. The molecule has 0 bridgehead atoms. The van der Waals surface area contributed by atoms with E-state index in [9.17, 15) is 31.5 Å². The van der Waals surface area contributed by atoms with Gasteiger partial charge in [0.1, 0.15) is 0 Å². The molecular formula is C16H21F3N2O4S. The highest BCUT2D eigenvalue weighted by molar-refractivity contribution is 7.88. The predicted octanol–water partition coefficient (Wildman–Crippen LogP) is 1.53. The van der Waals surface area contributed by atoms with Crippen molar-refractivity contribution in [3.63, 3.8) is 0 Å². The van der Waals surface area contributed by atoms with E-state index in [0.717, 1.165) is 18.4 Å². The van der Waals surface area contributed by atoms with Crippen LogP contribution in [0.4, 0.5) is 13.2 Å². The number of hydrogen-bond acceptors (Lipinski definition) is 4. The molecule has 0 radical (unpaired) electrons. The fourth-order valence-corrected chi connectivity index (χ4v) is 3.68. The summed E-state index contributed by atoms with van der Waals surface area (Å²) in [6, 6.07) is 4.09. The number of piperidine rings is 1. The van der Waals surface area contributed by atoms with Gasteiger partial charge in [-0.3, -0.25) is 4.79 Å². The minimum absolute atomic E-state index is 0.128. The Bertz CT molecular complexity index is 727. The Morgan fingerprint density at radius 2 is 1.81 bits per heavy atom. The molecular weight excluding hydrogens is 373 g/mol. The number of benzene rings is 1. The van der Waals surface area contributed by atoms with E-state index in [1.807, 2.05) is 0 Å². The normalized spacial score (nSPS) is 18.5. The van der Waals surface area contributed by atoms with Gasteiger partial charge in [0.25, 0.3) is 0 Å². The lowest BCUT2D eigenvalue weighted by molar-refractivity contribution is -0.137. The fourth-order valence-electron chi connectivity index (χ4n) is 2.80. The van der Waals surface area contributed by atoms with E-state index >= 15 is 0 Å². The maximum absolute atomic E-state index is 12.5. The molecule has 1 aromatic rings. The van der Waals surface area contributed by atoms with Crippen LogP contribution in [0.2, 0.25) is 0 Å². The van der Waals surface area contributed by atoms with Crippen molar-refractivity contribution in [2.45, 2.75) is 25.1 Å². The standard InChI is InChI=1S/C16H21F3N2O4S/c1-26(24,25)21-8-6-12(7-9-21)15(23)20-10-14(22)11-2-4-13(5-3-11)16(17,18)19/h2-5,12,14,22H,6-10H2,1H3,(H,20,23)/t14-/m0/s1. The minimum Gasteiger partial charge on any atom is -0.387 e. The van der Waals surface area contributed by atoms with Crippen molar-refractivity contribution in [2.75, 3.05) is 25.9 Å². The fraction of sp³-hybridized carbons (Fsp3) is 0.562. The maximum Gasteiger partial charge on any atom is 0.416 e. The average Bonchev–Trinajstić information content (AvgIpc) is 2.58. The first-order chi connectivity index (χ1) is 12.0. The van der Waals surface area contributed by atoms with Gasteiger partial charge in [0.15, 0.2) is 0 Å². The Hall–Kier alpha value is -1.65. The Labute approximate surface area is 150 Å². The monoisotopic (exact) mass is 394 g/mol. The molecule has 1 aromatic carbocycles. The number of hydrogen-bond donors (Lipinski definition) is 2. The molecule has 0 unspecified atom stereocenters. The number of nitrogens with one attached hydrogen (secondary N) is 1. The number of rotatable bonds is 5. The summed E-state index contributed by atoms with van der Waals surface area (Å²) in [7, 11) is -3.27. The van der Waals surface area contributed by atoms with Crippen LogP contribution in [0.5, 0.6) is 0 Å². The van der Waals surface area contributed by atoms with Crippen LogP contribution in [0.15, 0.2) is 24.3 Å². The van der Waals surface area contributed by atoms with E-state index in [1.165, 1.54) is 16.4 Å². The molecule has 2 N–H and O–H groups in total. The topological polar surface area (TPSA) is 86.7 Å². The average molecular weight is 394 g/mol. The third-order valence-electron chi connectivity index (χ3n) is 4.39. The number of amides is 1. The van der Waals surface area contributed by atoms with Crippen molar-refractivity contribution in [3.8, 4) is 0 Å². The molecule has 1 amide bonds. The van der Waals surface area contributed by atoms with Crippen LogP contribution in [0.3, 0.4) is 0 Å². The molecule has 1 aliphatic rings. The van der Waals surface area contributed by atoms with Gasteiger partial charge in [-0.1, -0.05) is 12.1 Å². The largest absolute Gasteiger partial charge is 0.416 e. The lowest BCUT2D eigenvalue weighted by atomic mass is 9.97. The van der Waals surface area contributed by atoms with E-state index in [4.69, 9.17) is 0 Å². The number of aliphatic hydroxyl groups is 1. The zero-order valence-corrected chi connectivity index (χ0v) is 15.0. The highest BCUT2D eigenvalue weighted by Gasteiger charge is 2.31. The first-order valence-corrected chi connectivity index (χ1v) is 9.91. The highest BCUT2D eigenvalue weighted by Crippen LogP contribution is 2.29. The summed E-state index contributed by atoms with van der Waals surface area (Å²) >= 11 is 0. The summed E-state index contributed by atoms with van der Waals surface area (Å²) in [6.07, 6.45) is -3.69. The Kier molecular flexibility index (Phi) is 6.30. The molecule has 26 heavy (non-hydrogen) atoms. The van der Waals surface area contributed by atoms with E-state index in [0.29, 0.717) is 12.8 Å². The van der Waals surface area contributed by atoms with Gasteiger partial charge in [0.05, 0.1) is 17.9 Å². The Balaban J connectivity index is 1.84. The van der Waals surface area contributed by atoms with Gasteiger partial charge in [0, 0.05) is 25.6 Å². The molecule has 1 aliphatic heterocycles. The molecule has 2 rings (SSSR count). The summed E-state index contributed by atoms with van der Waals surface area (Å²) in [5, 5.41) is 12.6. The Morgan fingerprint density at radius 3 is 2.27 bits per heavy atom. The smallest absolute Gasteiger partial charge is 0.387 e. The summed E-state index contributed by atoms with van der Waals surface area (Å²) in [4.78, 5) is 12.1. The van der Waals surface area contributed by atoms with E-state index in [2.05, 4.69) is 5.32 Å². The van der Waals surface area contributed by atoms with Crippen molar-refractivity contribution >= 4 is 15.9 Å². The molecule has 0 aliphatic carbocycles. The second-order valence-electron chi connectivity index (χ2n) is 6.32. The first-order valence-electron chi connectivity index (χ1n) is 8.06. The number of nitrogens with zero attached hydrogens (tertiary/aromatic N) is 1. The molecule has 0 saturated carbocycles. The van der Waals surface area contributed by atoms with Crippen LogP contribution in [0.1, 0.15) is 30.1 Å². The zero-order valence-electron chi connectivity index (χ0n) is 14.2.